The third-order valence-corrected chi connectivity index (χ3v) is 16.0. The van der Waals surface area contributed by atoms with Gasteiger partial charge in [0.05, 0.1) is 102 Å². The van der Waals surface area contributed by atoms with Gasteiger partial charge in [-0.25, -0.2) is 32.9 Å². The van der Waals surface area contributed by atoms with E-state index in [4.69, 9.17) is 40.1 Å². The van der Waals surface area contributed by atoms with Gasteiger partial charge in [0.1, 0.15) is 46.8 Å². The Bertz CT molecular complexity index is 5070. The van der Waals surface area contributed by atoms with E-state index in [1.807, 2.05) is 71.0 Å². The number of aromatic carboxylic acids is 4. The van der Waals surface area contributed by atoms with Crippen LogP contribution in [0.2, 0.25) is 0 Å². The number of carbonyl (C=O) groups is 6. The largest absolute Gasteiger partial charge is 0.497 e. The number of thiazole rings is 1. The van der Waals surface area contributed by atoms with Crippen LogP contribution in [0.4, 0.5) is 8.78 Å². The number of hydrogen-bond acceptors (Lipinski definition) is 23. The molecule has 12 heterocycles. The average Bonchev–Trinajstić information content (AvgIpc) is 1.38. The number of carboxylic acid groups (broad SMARTS) is 4. The van der Waals surface area contributed by atoms with Crippen molar-refractivity contribution in [3.05, 3.63) is 189 Å². The Kier molecular flexibility index (Phi) is 26.5. The van der Waals surface area contributed by atoms with Crippen LogP contribution in [-0.4, -0.2) is 182 Å². The monoisotopic (exact) mass is 1450 g/mol. The van der Waals surface area contributed by atoms with Gasteiger partial charge in [-0.1, -0.05) is 0 Å². The van der Waals surface area contributed by atoms with Crippen molar-refractivity contribution in [1.82, 2.24) is 88.6 Å². The lowest BCUT2D eigenvalue weighted by Crippen LogP contribution is -2.12. The van der Waals surface area contributed by atoms with Crippen LogP contribution in [0.1, 0.15) is 108 Å². The fourth-order valence-electron chi connectivity index (χ4n) is 10.3. The van der Waals surface area contributed by atoms with Crippen LogP contribution in [0.3, 0.4) is 0 Å². The van der Waals surface area contributed by atoms with E-state index in [1.54, 1.807) is 105 Å². The summed E-state index contributed by atoms with van der Waals surface area (Å²) in [6, 6.07) is 18.2. The Morgan fingerprint density at radius 3 is 1.03 bits per heavy atom. The number of carboxylic acids is 4. The van der Waals surface area contributed by atoms with E-state index in [0.717, 1.165) is 39.4 Å². The molecule has 35 heteroatoms. The first kappa shape index (κ1) is 78.6. The van der Waals surface area contributed by atoms with Gasteiger partial charge in [0.25, 0.3) is 6.43 Å². The topological polar surface area (TPSA) is 427 Å². The number of rotatable bonds is 17. The van der Waals surface area contributed by atoms with E-state index >= 15 is 0 Å². The Balaban J connectivity index is 0.000000175. The number of pyridine rings is 5. The van der Waals surface area contributed by atoms with Crippen molar-refractivity contribution in [1.29, 1.82) is 0 Å². The number of alkyl halides is 2. The quantitative estimate of drug-likeness (QED) is 0.0463. The second-order valence-corrected chi connectivity index (χ2v) is 23.8. The molecule has 0 atom stereocenters. The van der Waals surface area contributed by atoms with E-state index in [-0.39, 0.29) is 44.8 Å². The molecule has 0 fully saturated rings. The number of aliphatic hydroxyl groups excluding tert-OH is 2. The van der Waals surface area contributed by atoms with Crippen molar-refractivity contribution < 1.29 is 77.7 Å². The maximum absolute atomic E-state index is 12.6. The lowest BCUT2D eigenvalue weighted by molar-refractivity contribution is 0.0675. The molecule has 12 rings (SSSR count). The number of hydrogen-bond donors (Lipinski definition) is 6. The fourth-order valence-corrected chi connectivity index (χ4v) is 11.2. The minimum atomic E-state index is -2.67. The summed E-state index contributed by atoms with van der Waals surface area (Å²) >= 11 is 1.03. The summed E-state index contributed by atoms with van der Waals surface area (Å²) in [4.78, 5) is 93.2. The predicted molar refractivity (Wildman–Crippen MR) is 374 cm³/mol. The average molecular weight is 1450 g/mol. The SMILES string of the molecule is COc1ccnc(-c2cnn(C)c2C(=O)CO)c1.COc1ccnc(-c2cnn(C)c2C(=O)O)c1.Cc1cc(C)nc(-c2cnn(C)c2C(=O)CO)c1.Cc1cc(C)nc(-c2cnn(C)c2C(=O)O)c1.Cc1ccnc(-c2cnn(C)c2C(=O)O)c1.Cc1sc(-c2cnn(C)c2C(=O)O)nc1C(F)F. The van der Waals surface area contributed by atoms with Crippen LogP contribution < -0.4 is 9.47 Å². The van der Waals surface area contributed by atoms with Crippen molar-refractivity contribution in [2.24, 2.45) is 42.3 Å². The number of nitrogens with zero attached hydrogens (tertiary/aromatic N) is 18. The highest BCUT2D eigenvalue weighted by Gasteiger charge is 2.26. The molecular formula is C69H72F2N18O14S. The van der Waals surface area contributed by atoms with Crippen molar-refractivity contribution in [2.45, 2.75) is 48.0 Å². The van der Waals surface area contributed by atoms with Crippen LogP contribution in [0.25, 0.3) is 66.9 Å². The highest BCUT2D eigenvalue weighted by Crippen LogP contribution is 2.35. The molecule has 0 spiro atoms. The Hall–Kier alpha value is -12.8. The Labute approximate surface area is 595 Å². The third kappa shape index (κ3) is 19.0. The zero-order chi connectivity index (χ0) is 76.5. The van der Waals surface area contributed by atoms with E-state index < -0.39 is 49.3 Å². The minimum Gasteiger partial charge on any atom is -0.497 e. The number of aromatic nitrogens is 18. The number of carbonyl (C=O) groups excluding carboxylic acids is 2. The molecule has 0 aromatic carbocycles. The molecule has 12 aromatic heterocycles. The van der Waals surface area contributed by atoms with Crippen molar-refractivity contribution in [2.75, 3.05) is 27.4 Å². The summed E-state index contributed by atoms with van der Waals surface area (Å²) in [5.41, 5.74) is 11.8. The number of aryl methyl sites for hydroxylation is 12. The molecule has 0 saturated carbocycles. The Morgan fingerprint density at radius 1 is 0.413 bits per heavy atom. The second kappa shape index (κ2) is 35.0. The van der Waals surface area contributed by atoms with Crippen molar-refractivity contribution in [3.8, 4) is 78.4 Å². The maximum atomic E-state index is 12.6. The van der Waals surface area contributed by atoms with Gasteiger partial charge in [-0.2, -0.15) is 30.6 Å². The molecule has 0 amide bonds. The standard InChI is InChI=1S/C13H15N3O2.C12H13N3O3.C12H13N3O2.C11H11N3O3.C11H11N3O2.C10H9F2N3O2S/c1-8-4-9(2)15-11(5-8)10-6-14-16(3)13(10)12(18)7-17;1-15-12(11(17)7-16)9(6-14-15)10-5-8(18-2)3-4-13-10;1-7-4-8(2)14-10(5-7)9-6-13-15(3)11(9)12(16)17;1-14-10(11(15)16)8(6-13-14)9-5-7(17-2)3-4-12-9;1-7-3-4-12-9(5-7)8-6-13-14(2)10(8)11(15)16;1-4-6(8(11)12)14-9(18-4)5-3-13-15(2)7(5)10(16)17/h4-6,17H,7H2,1-3H3;3-6,16H,7H2,1-2H3;4-6H,1-3H3,(H,16,17);3-6H,1-2H3,(H,15,16);3-6H,1-2H3,(H,15,16);3,8H,1-2H3,(H,16,17). The second-order valence-electron chi connectivity index (χ2n) is 22.5. The van der Waals surface area contributed by atoms with E-state index in [9.17, 15) is 37.5 Å². The van der Waals surface area contributed by atoms with Crippen molar-refractivity contribution in [3.63, 3.8) is 0 Å². The molecule has 104 heavy (non-hydrogen) atoms. The van der Waals surface area contributed by atoms with E-state index in [0.29, 0.717) is 84.1 Å². The maximum Gasteiger partial charge on any atom is 0.354 e. The number of aliphatic hydroxyl groups is 2. The molecule has 0 saturated heterocycles. The van der Waals surface area contributed by atoms with Crippen LogP contribution >= 0.6 is 11.3 Å². The predicted octanol–water partition coefficient (Wildman–Crippen LogP) is 8.90. The lowest BCUT2D eigenvalue weighted by atomic mass is 10.1. The normalized spacial score (nSPS) is 10.6. The first-order valence-electron chi connectivity index (χ1n) is 30.8. The molecule has 0 aliphatic carbocycles. The fraction of sp³-hybridized carbons (Fsp3) is 0.246. The van der Waals surface area contributed by atoms with Gasteiger partial charge in [-0.05, 0) is 107 Å². The molecule has 0 bridgehead atoms. The molecule has 32 nitrogen and oxygen atoms in total. The van der Waals surface area contributed by atoms with Gasteiger partial charge in [0.15, 0.2) is 22.8 Å². The number of halogens is 2. The first-order chi connectivity index (χ1) is 49.3. The Morgan fingerprint density at radius 2 is 0.712 bits per heavy atom. The number of ether oxygens (including phenoxy) is 2. The third-order valence-electron chi connectivity index (χ3n) is 15.0. The summed E-state index contributed by atoms with van der Waals surface area (Å²) in [5, 5.41) is 78.3. The number of Topliss-reactive ketones (excluding diaryl/α,β-unsaturated/α-hetero) is 2. The zero-order valence-electron chi connectivity index (χ0n) is 58.6. The van der Waals surface area contributed by atoms with Crippen LogP contribution in [0.5, 0.6) is 11.5 Å². The minimum absolute atomic E-state index is 0.0652. The zero-order valence-corrected chi connectivity index (χ0v) is 59.4. The van der Waals surface area contributed by atoms with Crippen molar-refractivity contribution >= 4 is 46.8 Å². The molecule has 542 valence electrons. The summed E-state index contributed by atoms with van der Waals surface area (Å²) < 4.78 is 43.5. The van der Waals surface area contributed by atoms with Crippen LogP contribution in [0, 0.1) is 41.5 Å². The van der Waals surface area contributed by atoms with Crippen LogP contribution in [0.15, 0.2) is 116 Å². The number of ketones is 2. The summed E-state index contributed by atoms with van der Waals surface area (Å²) in [7, 11) is 12.7. The first-order valence-corrected chi connectivity index (χ1v) is 31.6. The molecule has 0 aliphatic heterocycles. The van der Waals surface area contributed by atoms with Gasteiger partial charge in [-0.15, -0.1) is 11.3 Å². The molecule has 6 N–H and O–H groups in total. The molecule has 12 aromatic rings. The molecule has 0 aliphatic rings. The van der Waals surface area contributed by atoms with E-state index in [1.165, 1.54) is 66.8 Å². The van der Waals surface area contributed by atoms with Crippen LogP contribution in [-0.2, 0) is 42.3 Å². The summed E-state index contributed by atoms with van der Waals surface area (Å²) in [6.07, 6.45) is 11.1. The van der Waals surface area contributed by atoms with Gasteiger partial charge in [-0.3, -0.25) is 62.6 Å². The van der Waals surface area contributed by atoms with Gasteiger partial charge in [0, 0.05) is 100 Å². The smallest absolute Gasteiger partial charge is 0.354 e. The highest BCUT2D eigenvalue weighted by atomic mass is 32.1. The number of methoxy groups -OCH3 is 2. The molecule has 0 unspecified atom stereocenters. The highest BCUT2D eigenvalue weighted by molar-refractivity contribution is 7.15. The summed E-state index contributed by atoms with van der Waals surface area (Å²) in [5.74, 6) is -3.69. The van der Waals surface area contributed by atoms with Gasteiger partial charge >= 0.3 is 23.9 Å². The molecular weight excluding hydrogens is 1370 g/mol. The van der Waals surface area contributed by atoms with Gasteiger partial charge in [0.2, 0.25) is 11.6 Å². The van der Waals surface area contributed by atoms with Gasteiger partial charge < -0.3 is 40.1 Å². The summed E-state index contributed by atoms with van der Waals surface area (Å²) in [6.45, 7) is 10.1. The lowest BCUT2D eigenvalue weighted by Gasteiger charge is -2.05. The molecule has 0 radical (unpaired) electrons. The van der Waals surface area contributed by atoms with E-state index in [2.05, 4.69) is 60.5 Å².